The topological polar surface area (TPSA) is 105 Å². The number of anilines is 1. The normalized spacial score (nSPS) is 19.8. The molecule has 0 aromatic heterocycles. The predicted molar refractivity (Wildman–Crippen MR) is 114 cm³/mol. The second-order valence-corrected chi connectivity index (χ2v) is 8.22. The Bertz CT molecular complexity index is 956. The van der Waals surface area contributed by atoms with Crippen molar-refractivity contribution in [3.05, 3.63) is 65.7 Å². The summed E-state index contributed by atoms with van der Waals surface area (Å²) in [7, 11) is 0. The highest BCUT2D eigenvalue weighted by molar-refractivity contribution is 6.39. The Morgan fingerprint density at radius 3 is 2.47 bits per heavy atom. The van der Waals surface area contributed by atoms with E-state index in [1.54, 1.807) is 18.2 Å². The number of hydrogen-bond acceptors (Lipinski definition) is 4. The van der Waals surface area contributed by atoms with Gasteiger partial charge in [0, 0.05) is 35.9 Å². The molecule has 1 atom stereocenters. The van der Waals surface area contributed by atoms with Gasteiger partial charge in [-0.05, 0) is 49.4 Å². The predicted octanol–water partition coefficient (Wildman–Crippen LogP) is 2.04. The van der Waals surface area contributed by atoms with Crippen LogP contribution in [0.15, 0.2) is 54.6 Å². The minimum absolute atomic E-state index is 0.0655. The molecule has 3 amide bonds. The van der Waals surface area contributed by atoms with Crippen molar-refractivity contribution in [1.29, 1.82) is 0 Å². The summed E-state index contributed by atoms with van der Waals surface area (Å²) in [5, 5.41) is 5.43. The van der Waals surface area contributed by atoms with Gasteiger partial charge in [0.05, 0.1) is 0 Å². The van der Waals surface area contributed by atoms with Crippen LogP contribution < -0.4 is 16.4 Å². The molecule has 2 aliphatic rings. The molecule has 4 N–H and O–H groups in total. The number of likely N-dealkylation sites (tertiary alicyclic amines) is 1. The summed E-state index contributed by atoms with van der Waals surface area (Å²) in [5.74, 6) is -2.01. The van der Waals surface area contributed by atoms with Gasteiger partial charge in [-0.3, -0.25) is 19.3 Å². The summed E-state index contributed by atoms with van der Waals surface area (Å²) in [4.78, 5) is 38.6. The summed E-state index contributed by atoms with van der Waals surface area (Å²) in [5.41, 5.74) is 7.27. The van der Waals surface area contributed by atoms with Crippen molar-refractivity contribution in [2.75, 3.05) is 11.9 Å². The molecule has 1 heterocycles. The van der Waals surface area contributed by atoms with Gasteiger partial charge in [-0.25, -0.2) is 0 Å². The van der Waals surface area contributed by atoms with Crippen LogP contribution >= 0.6 is 0 Å². The third-order valence-electron chi connectivity index (χ3n) is 6.18. The van der Waals surface area contributed by atoms with Crippen molar-refractivity contribution in [2.45, 2.75) is 43.8 Å². The van der Waals surface area contributed by atoms with Crippen LogP contribution in [0.25, 0.3) is 0 Å². The van der Waals surface area contributed by atoms with Gasteiger partial charge in [-0.15, -0.1) is 0 Å². The second-order valence-electron chi connectivity index (χ2n) is 8.22. The van der Waals surface area contributed by atoms with Crippen LogP contribution in [0.1, 0.15) is 41.6 Å². The fraction of sp³-hybridized carbons (Fsp3) is 0.348. The fourth-order valence-corrected chi connectivity index (χ4v) is 4.54. The minimum atomic E-state index is -0.749. The molecule has 1 aliphatic carbocycles. The summed E-state index contributed by atoms with van der Waals surface area (Å²) in [6.07, 6.45) is 4.30. The highest BCUT2D eigenvalue weighted by Crippen LogP contribution is 2.46. The fourth-order valence-electron chi connectivity index (χ4n) is 4.54. The lowest BCUT2D eigenvalue weighted by molar-refractivity contribution is -0.136. The summed E-state index contributed by atoms with van der Waals surface area (Å²) in [6, 6.07) is 16.5. The molecule has 1 unspecified atom stereocenters. The SMILES string of the molecule is NC(=O)c1cccc(NC(=O)C(=O)NC2CN(Cc3ccccc3)C3(CCC3)C2)c1. The van der Waals surface area contributed by atoms with E-state index < -0.39 is 17.7 Å². The Hall–Kier alpha value is -3.19. The van der Waals surface area contributed by atoms with Gasteiger partial charge >= 0.3 is 11.8 Å². The van der Waals surface area contributed by atoms with Crippen LogP contribution in [0.4, 0.5) is 5.69 Å². The van der Waals surface area contributed by atoms with E-state index in [4.69, 9.17) is 5.73 Å². The van der Waals surface area contributed by atoms with Crippen LogP contribution in [0, 0.1) is 0 Å². The number of carbonyl (C=O) groups excluding carboxylic acids is 3. The van der Waals surface area contributed by atoms with Gasteiger partial charge in [0.25, 0.3) is 0 Å². The number of nitrogens with one attached hydrogen (secondary N) is 2. The average molecular weight is 406 g/mol. The van der Waals surface area contributed by atoms with Gasteiger partial charge in [0.1, 0.15) is 0 Å². The monoisotopic (exact) mass is 406 g/mol. The number of benzene rings is 2. The molecule has 7 nitrogen and oxygen atoms in total. The maximum absolute atomic E-state index is 12.5. The largest absolute Gasteiger partial charge is 0.366 e. The van der Waals surface area contributed by atoms with Crippen LogP contribution in [-0.2, 0) is 16.1 Å². The first kappa shape index (κ1) is 20.1. The van der Waals surface area contributed by atoms with Gasteiger partial charge in [0.15, 0.2) is 0 Å². The Balaban J connectivity index is 1.37. The molecule has 4 rings (SSSR count). The standard InChI is InChI=1S/C23H26N4O3/c24-20(28)17-8-4-9-18(12-17)25-21(29)22(30)26-19-13-23(10-5-11-23)27(15-19)14-16-6-2-1-3-7-16/h1-4,6-9,12,19H,5,10-11,13-15H2,(H2,24,28)(H,25,29)(H,26,30). The van der Waals surface area contributed by atoms with Crippen molar-refractivity contribution in [1.82, 2.24) is 10.2 Å². The van der Waals surface area contributed by atoms with Crippen molar-refractivity contribution >= 4 is 23.4 Å². The van der Waals surface area contributed by atoms with Crippen LogP contribution in [0.3, 0.4) is 0 Å². The lowest BCUT2D eigenvalue weighted by Crippen LogP contribution is -2.48. The zero-order valence-corrected chi connectivity index (χ0v) is 16.8. The van der Waals surface area contributed by atoms with Crippen molar-refractivity contribution in [3.8, 4) is 0 Å². The molecule has 0 bridgehead atoms. The molecule has 2 aromatic carbocycles. The first-order chi connectivity index (χ1) is 14.4. The quantitative estimate of drug-likeness (QED) is 0.661. The lowest BCUT2D eigenvalue weighted by atomic mass is 9.74. The zero-order valence-electron chi connectivity index (χ0n) is 16.8. The Kier molecular flexibility index (Phi) is 5.55. The maximum atomic E-state index is 12.5. The number of nitrogens with two attached hydrogens (primary N) is 1. The molecule has 7 heteroatoms. The molecule has 156 valence electrons. The van der Waals surface area contributed by atoms with Gasteiger partial charge < -0.3 is 16.4 Å². The summed E-state index contributed by atoms with van der Waals surface area (Å²) < 4.78 is 0. The number of rotatable bonds is 5. The van der Waals surface area contributed by atoms with E-state index in [0.717, 1.165) is 32.4 Å². The number of nitrogens with zero attached hydrogens (tertiary/aromatic N) is 1. The molecular weight excluding hydrogens is 380 g/mol. The lowest BCUT2D eigenvalue weighted by Gasteiger charge is -2.46. The highest BCUT2D eigenvalue weighted by atomic mass is 16.2. The van der Waals surface area contributed by atoms with Crippen molar-refractivity contribution < 1.29 is 14.4 Å². The number of primary amides is 1. The van der Waals surface area contributed by atoms with Crippen LogP contribution in [0.2, 0.25) is 0 Å². The Labute approximate surface area is 175 Å². The van der Waals surface area contributed by atoms with E-state index in [0.29, 0.717) is 5.69 Å². The first-order valence-corrected chi connectivity index (χ1v) is 10.3. The molecule has 1 aliphatic heterocycles. The molecule has 1 saturated heterocycles. The van der Waals surface area contributed by atoms with E-state index >= 15 is 0 Å². The third kappa shape index (κ3) is 4.21. The smallest absolute Gasteiger partial charge is 0.313 e. The molecule has 30 heavy (non-hydrogen) atoms. The Morgan fingerprint density at radius 2 is 1.80 bits per heavy atom. The summed E-state index contributed by atoms with van der Waals surface area (Å²) >= 11 is 0. The highest BCUT2D eigenvalue weighted by Gasteiger charge is 2.49. The molecule has 1 saturated carbocycles. The number of carbonyl (C=O) groups is 3. The second kappa shape index (κ2) is 8.28. The van der Waals surface area contributed by atoms with E-state index in [-0.39, 0.29) is 17.1 Å². The van der Waals surface area contributed by atoms with E-state index in [2.05, 4.69) is 27.7 Å². The van der Waals surface area contributed by atoms with E-state index in [9.17, 15) is 14.4 Å². The molecule has 2 aromatic rings. The van der Waals surface area contributed by atoms with Crippen molar-refractivity contribution in [3.63, 3.8) is 0 Å². The molecule has 1 spiro atoms. The third-order valence-corrected chi connectivity index (χ3v) is 6.18. The van der Waals surface area contributed by atoms with Crippen LogP contribution in [0.5, 0.6) is 0 Å². The van der Waals surface area contributed by atoms with Gasteiger partial charge in [0.2, 0.25) is 5.91 Å². The van der Waals surface area contributed by atoms with E-state index in [1.807, 2.05) is 18.2 Å². The Morgan fingerprint density at radius 1 is 1.03 bits per heavy atom. The minimum Gasteiger partial charge on any atom is -0.366 e. The summed E-state index contributed by atoms with van der Waals surface area (Å²) in [6.45, 7) is 1.57. The number of amides is 3. The number of hydrogen-bond donors (Lipinski definition) is 3. The van der Waals surface area contributed by atoms with Crippen molar-refractivity contribution in [2.24, 2.45) is 5.73 Å². The zero-order chi connectivity index (χ0) is 21.1. The molecular formula is C23H26N4O3. The maximum Gasteiger partial charge on any atom is 0.313 e. The molecule has 0 radical (unpaired) electrons. The molecule has 2 fully saturated rings. The van der Waals surface area contributed by atoms with Gasteiger partial charge in [-0.2, -0.15) is 0 Å². The average Bonchev–Trinajstić information content (AvgIpc) is 3.07. The van der Waals surface area contributed by atoms with Gasteiger partial charge in [-0.1, -0.05) is 36.4 Å². The van der Waals surface area contributed by atoms with Crippen LogP contribution in [-0.4, -0.2) is 40.7 Å². The first-order valence-electron chi connectivity index (χ1n) is 10.3. The van der Waals surface area contributed by atoms with E-state index in [1.165, 1.54) is 18.1 Å².